The minimum absolute atomic E-state index is 0.117. The first-order valence-corrected chi connectivity index (χ1v) is 7.55. The zero-order chi connectivity index (χ0) is 15.4. The summed E-state index contributed by atoms with van der Waals surface area (Å²) < 4.78 is 6.07. The second-order valence-electron chi connectivity index (χ2n) is 7.83. The Hall–Kier alpha value is -1.02. The predicted molar refractivity (Wildman–Crippen MR) is 87.3 cm³/mol. The van der Waals surface area contributed by atoms with Crippen molar-refractivity contribution in [3.63, 3.8) is 0 Å². The minimum Gasteiger partial charge on any atom is -0.493 e. The molecule has 1 aromatic rings. The molecule has 0 aliphatic rings. The van der Waals surface area contributed by atoms with Gasteiger partial charge in [-0.25, -0.2) is 0 Å². The van der Waals surface area contributed by atoms with Crippen molar-refractivity contribution in [1.82, 2.24) is 5.32 Å². The molecule has 1 rings (SSSR count). The van der Waals surface area contributed by atoms with Crippen LogP contribution in [0.15, 0.2) is 18.2 Å². The van der Waals surface area contributed by atoms with E-state index in [2.05, 4.69) is 72.0 Å². The van der Waals surface area contributed by atoms with Gasteiger partial charge in [0, 0.05) is 17.6 Å². The largest absolute Gasteiger partial charge is 0.493 e. The van der Waals surface area contributed by atoms with E-state index < -0.39 is 0 Å². The summed E-state index contributed by atoms with van der Waals surface area (Å²) in [7, 11) is 0. The number of benzene rings is 1. The van der Waals surface area contributed by atoms with E-state index in [0.29, 0.717) is 5.41 Å². The van der Waals surface area contributed by atoms with Gasteiger partial charge in [-0.1, -0.05) is 39.0 Å². The van der Waals surface area contributed by atoms with Crippen LogP contribution in [-0.2, 0) is 6.54 Å². The van der Waals surface area contributed by atoms with E-state index in [1.54, 1.807) is 0 Å². The van der Waals surface area contributed by atoms with Crippen LogP contribution in [0.1, 0.15) is 59.1 Å². The second kappa shape index (κ2) is 6.62. The average molecular weight is 277 g/mol. The molecule has 1 aromatic carbocycles. The van der Waals surface area contributed by atoms with Gasteiger partial charge < -0.3 is 10.1 Å². The van der Waals surface area contributed by atoms with Crippen molar-refractivity contribution in [2.75, 3.05) is 6.61 Å². The van der Waals surface area contributed by atoms with Crippen molar-refractivity contribution >= 4 is 0 Å². The molecule has 0 amide bonds. The van der Waals surface area contributed by atoms with Gasteiger partial charge in [-0.05, 0) is 45.1 Å². The third-order valence-corrected chi connectivity index (χ3v) is 3.20. The Labute approximate surface area is 124 Å². The van der Waals surface area contributed by atoms with Gasteiger partial charge in [-0.15, -0.1) is 0 Å². The van der Waals surface area contributed by atoms with Crippen LogP contribution in [0.3, 0.4) is 0 Å². The Balaban J connectivity index is 2.73. The third kappa shape index (κ3) is 6.42. The normalized spacial score (nSPS) is 12.6. The van der Waals surface area contributed by atoms with E-state index in [9.17, 15) is 0 Å². The average Bonchev–Trinajstić information content (AvgIpc) is 2.26. The molecule has 0 atom stereocenters. The maximum Gasteiger partial charge on any atom is 0.126 e. The van der Waals surface area contributed by atoms with E-state index in [0.717, 1.165) is 25.3 Å². The van der Waals surface area contributed by atoms with Crippen molar-refractivity contribution < 1.29 is 4.74 Å². The van der Waals surface area contributed by atoms with Crippen molar-refractivity contribution in [1.29, 1.82) is 0 Å². The lowest BCUT2D eigenvalue weighted by atomic mass is 9.93. The Morgan fingerprint density at radius 3 is 2.25 bits per heavy atom. The smallest absolute Gasteiger partial charge is 0.126 e. The van der Waals surface area contributed by atoms with E-state index in [4.69, 9.17) is 4.74 Å². The van der Waals surface area contributed by atoms with Gasteiger partial charge in [0.15, 0.2) is 0 Å². The summed E-state index contributed by atoms with van der Waals surface area (Å²) in [6, 6.07) is 6.37. The van der Waals surface area contributed by atoms with Gasteiger partial charge in [-0.3, -0.25) is 0 Å². The molecule has 0 radical (unpaired) electrons. The van der Waals surface area contributed by atoms with Crippen LogP contribution in [0.25, 0.3) is 0 Å². The third-order valence-electron chi connectivity index (χ3n) is 3.20. The number of ether oxygens (including phenoxy) is 1. The van der Waals surface area contributed by atoms with Crippen LogP contribution in [0.4, 0.5) is 0 Å². The summed E-state index contributed by atoms with van der Waals surface area (Å²) in [4.78, 5) is 0. The molecule has 0 aliphatic heterocycles. The molecule has 0 unspecified atom stereocenters. The molecule has 0 heterocycles. The van der Waals surface area contributed by atoms with Gasteiger partial charge in [0.2, 0.25) is 0 Å². The molecule has 0 spiro atoms. The van der Waals surface area contributed by atoms with Gasteiger partial charge in [0.25, 0.3) is 0 Å². The van der Waals surface area contributed by atoms with E-state index >= 15 is 0 Å². The lowest BCUT2D eigenvalue weighted by molar-refractivity contribution is 0.239. The van der Waals surface area contributed by atoms with Crippen LogP contribution >= 0.6 is 0 Å². The molecular formula is C18H31NO. The summed E-state index contributed by atoms with van der Waals surface area (Å²) >= 11 is 0. The summed E-state index contributed by atoms with van der Waals surface area (Å²) in [6.45, 7) is 17.0. The first-order chi connectivity index (χ1) is 9.08. The molecule has 20 heavy (non-hydrogen) atoms. The number of rotatable bonds is 5. The number of para-hydroxylation sites is 1. The summed E-state index contributed by atoms with van der Waals surface area (Å²) in [6.07, 6.45) is 1.06. The van der Waals surface area contributed by atoms with Crippen molar-refractivity contribution in [3.8, 4) is 5.75 Å². The highest BCUT2D eigenvalue weighted by molar-refractivity contribution is 5.40. The fraction of sp³-hybridized carbons (Fsp3) is 0.667. The molecular weight excluding hydrogens is 246 g/mol. The van der Waals surface area contributed by atoms with Crippen LogP contribution < -0.4 is 10.1 Å². The molecule has 0 aliphatic carbocycles. The van der Waals surface area contributed by atoms with Crippen molar-refractivity contribution in [2.24, 2.45) is 5.41 Å². The zero-order valence-electron chi connectivity index (χ0n) is 14.3. The number of aryl methyl sites for hydroxylation is 1. The molecule has 0 saturated heterocycles. The Bertz CT molecular complexity index is 424. The van der Waals surface area contributed by atoms with Crippen LogP contribution in [0, 0.1) is 12.3 Å². The monoisotopic (exact) mass is 277 g/mol. The molecule has 2 heteroatoms. The number of hydrogen-bond donors (Lipinski definition) is 1. The second-order valence-corrected chi connectivity index (χ2v) is 7.83. The molecule has 114 valence electrons. The summed E-state index contributed by atoms with van der Waals surface area (Å²) in [5.41, 5.74) is 2.89. The highest BCUT2D eigenvalue weighted by atomic mass is 16.5. The van der Waals surface area contributed by atoms with E-state index in [1.807, 2.05) is 0 Å². The zero-order valence-corrected chi connectivity index (χ0v) is 14.3. The number of hydrogen-bond acceptors (Lipinski definition) is 2. The number of nitrogens with one attached hydrogen (secondary N) is 1. The lowest BCUT2D eigenvalue weighted by Crippen LogP contribution is -2.35. The van der Waals surface area contributed by atoms with E-state index in [1.165, 1.54) is 11.1 Å². The molecule has 0 saturated carbocycles. The standard InChI is InChI=1S/C18H31NO/c1-14-9-8-10-15(13-19-18(5,6)7)16(14)20-12-11-17(2,3)4/h8-10,19H,11-13H2,1-7H3. The summed E-state index contributed by atoms with van der Waals surface area (Å²) in [5, 5.41) is 3.53. The Morgan fingerprint density at radius 1 is 1.05 bits per heavy atom. The molecule has 0 fully saturated rings. The first-order valence-electron chi connectivity index (χ1n) is 7.55. The SMILES string of the molecule is Cc1cccc(CNC(C)(C)C)c1OCCC(C)(C)C. The topological polar surface area (TPSA) is 21.3 Å². The maximum atomic E-state index is 6.07. The summed E-state index contributed by atoms with van der Waals surface area (Å²) in [5.74, 6) is 1.05. The van der Waals surface area contributed by atoms with Gasteiger partial charge in [0.05, 0.1) is 6.61 Å². The van der Waals surface area contributed by atoms with Crippen molar-refractivity contribution in [3.05, 3.63) is 29.3 Å². The molecule has 0 bridgehead atoms. The fourth-order valence-electron chi connectivity index (χ4n) is 1.88. The van der Waals surface area contributed by atoms with Gasteiger partial charge in [0.1, 0.15) is 5.75 Å². The van der Waals surface area contributed by atoms with Gasteiger partial charge in [-0.2, -0.15) is 0 Å². The quantitative estimate of drug-likeness (QED) is 0.842. The highest BCUT2D eigenvalue weighted by Crippen LogP contribution is 2.26. The lowest BCUT2D eigenvalue weighted by Gasteiger charge is -2.23. The Morgan fingerprint density at radius 2 is 1.70 bits per heavy atom. The minimum atomic E-state index is 0.117. The van der Waals surface area contributed by atoms with Gasteiger partial charge >= 0.3 is 0 Å². The van der Waals surface area contributed by atoms with E-state index in [-0.39, 0.29) is 5.54 Å². The molecule has 1 N–H and O–H groups in total. The first kappa shape index (κ1) is 17.0. The fourth-order valence-corrected chi connectivity index (χ4v) is 1.88. The Kier molecular flexibility index (Phi) is 5.64. The molecule has 2 nitrogen and oxygen atoms in total. The highest BCUT2D eigenvalue weighted by Gasteiger charge is 2.14. The predicted octanol–water partition coefficient (Wildman–Crippen LogP) is 4.70. The van der Waals surface area contributed by atoms with Crippen LogP contribution in [0.5, 0.6) is 5.75 Å². The van der Waals surface area contributed by atoms with Crippen LogP contribution in [0.2, 0.25) is 0 Å². The maximum absolute atomic E-state index is 6.07. The van der Waals surface area contributed by atoms with Crippen molar-refractivity contribution in [2.45, 2.75) is 67.0 Å². The molecule has 0 aromatic heterocycles. The van der Waals surface area contributed by atoms with Crippen LogP contribution in [-0.4, -0.2) is 12.1 Å².